The van der Waals surface area contributed by atoms with Gasteiger partial charge in [-0.3, -0.25) is 4.79 Å². The van der Waals surface area contributed by atoms with Crippen LogP contribution in [-0.4, -0.2) is 10.9 Å². The lowest BCUT2D eigenvalue weighted by Gasteiger charge is -2.06. The van der Waals surface area contributed by atoms with Gasteiger partial charge < -0.3 is 9.52 Å². The lowest BCUT2D eigenvalue weighted by atomic mass is 9.99. The zero-order chi connectivity index (χ0) is 14.7. The third kappa shape index (κ3) is 2.85. The van der Waals surface area contributed by atoms with Crippen molar-refractivity contribution in [3.8, 4) is 5.75 Å². The molecule has 2 rings (SSSR count). The molecule has 0 saturated carbocycles. The molecule has 0 unspecified atom stereocenters. The van der Waals surface area contributed by atoms with Crippen molar-refractivity contribution in [1.82, 2.24) is 0 Å². The molecular formula is C16H14O4. The van der Waals surface area contributed by atoms with E-state index in [-0.39, 0.29) is 29.1 Å². The van der Waals surface area contributed by atoms with Crippen molar-refractivity contribution >= 4 is 5.78 Å². The Morgan fingerprint density at radius 2 is 1.95 bits per heavy atom. The van der Waals surface area contributed by atoms with Crippen LogP contribution in [0.15, 0.2) is 57.8 Å². The highest BCUT2D eigenvalue weighted by Crippen LogP contribution is 2.19. The second kappa shape index (κ2) is 5.57. The molecule has 4 heteroatoms. The smallest absolute Gasteiger partial charge is 0.343 e. The molecule has 0 aliphatic heterocycles. The molecule has 102 valence electrons. The molecule has 1 heterocycles. The maximum atomic E-state index is 12.1. The number of carbonyl (C=O) groups is 1. The zero-order valence-electron chi connectivity index (χ0n) is 11.1. The van der Waals surface area contributed by atoms with E-state index in [9.17, 15) is 14.7 Å². The van der Waals surface area contributed by atoms with Crippen molar-refractivity contribution in [2.24, 2.45) is 0 Å². The second-order valence-corrected chi connectivity index (χ2v) is 4.48. The van der Waals surface area contributed by atoms with Gasteiger partial charge in [0.15, 0.2) is 5.78 Å². The molecule has 0 bridgehead atoms. The van der Waals surface area contributed by atoms with Crippen LogP contribution in [0, 0.1) is 6.92 Å². The van der Waals surface area contributed by atoms with Gasteiger partial charge in [0.05, 0.1) is 5.56 Å². The summed E-state index contributed by atoms with van der Waals surface area (Å²) in [6.07, 6.45) is -0.0395. The fourth-order valence-electron chi connectivity index (χ4n) is 1.87. The number of ketones is 1. The van der Waals surface area contributed by atoms with Crippen LogP contribution in [0.5, 0.6) is 5.75 Å². The molecule has 0 atom stereocenters. The number of aryl methyl sites for hydroxylation is 1. The van der Waals surface area contributed by atoms with Crippen LogP contribution >= 0.6 is 0 Å². The van der Waals surface area contributed by atoms with Gasteiger partial charge in [0.25, 0.3) is 0 Å². The standard InChI is InChI=1S/C16H14O4/c1-10(15(18)12-6-4-3-5-7-12)8-13-14(17)9-11(2)20-16(13)19/h3-7,9,17H,1,8H2,2H3. The number of hydrogen-bond acceptors (Lipinski definition) is 4. The first kappa shape index (κ1) is 13.8. The van der Waals surface area contributed by atoms with Gasteiger partial charge in [0.1, 0.15) is 11.5 Å². The molecule has 4 nitrogen and oxygen atoms in total. The van der Waals surface area contributed by atoms with Crippen LogP contribution in [0.1, 0.15) is 21.7 Å². The van der Waals surface area contributed by atoms with E-state index in [2.05, 4.69) is 6.58 Å². The van der Waals surface area contributed by atoms with Crippen LogP contribution < -0.4 is 5.63 Å². The number of benzene rings is 1. The minimum absolute atomic E-state index is 0.0395. The topological polar surface area (TPSA) is 67.5 Å². The molecule has 0 amide bonds. The summed E-state index contributed by atoms with van der Waals surface area (Å²) in [6.45, 7) is 5.25. The second-order valence-electron chi connectivity index (χ2n) is 4.48. The van der Waals surface area contributed by atoms with Crippen LogP contribution in [-0.2, 0) is 6.42 Å². The first-order valence-electron chi connectivity index (χ1n) is 6.09. The molecule has 20 heavy (non-hydrogen) atoms. The number of hydrogen-bond donors (Lipinski definition) is 1. The fourth-order valence-corrected chi connectivity index (χ4v) is 1.87. The Hall–Kier alpha value is -2.62. The lowest BCUT2D eigenvalue weighted by molar-refractivity contribution is 0.103. The van der Waals surface area contributed by atoms with E-state index in [1.165, 1.54) is 6.07 Å². The van der Waals surface area contributed by atoms with Gasteiger partial charge in [-0.25, -0.2) is 4.79 Å². The Kier molecular flexibility index (Phi) is 3.84. The predicted molar refractivity (Wildman–Crippen MR) is 75.0 cm³/mol. The molecule has 2 aromatic rings. The molecule has 0 saturated heterocycles. The summed E-state index contributed by atoms with van der Waals surface area (Å²) >= 11 is 0. The van der Waals surface area contributed by atoms with Crippen molar-refractivity contribution in [1.29, 1.82) is 0 Å². The van der Waals surface area contributed by atoms with E-state index in [1.807, 2.05) is 0 Å². The lowest BCUT2D eigenvalue weighted by Crippen LogP contribution is -2.13. The van der Waals surface area contributed by atoms with E-state index >= 15 is 0 Å². The highest BCUT2D eigenvalue weighted by Gasteiger charge is 2.16. The monoisotopic (exact) mass is 270 g/mol. The number of carbonyl (C=O) groups excluding carboxylic acids is 1. The van der Waals surface area contributed by atoms with Crippen LogP contribution in [0.4, 0.5) is 0 Å². The van der Waals surface area contributed by atoms with Crippen LogP contribution in [0.3, 0.4) is 0 Å². The number of allylic oxidation sites excluding steroid dienone is 1. The maximum Gasteiger partial charge on any atom is 0.343 e. The number of Topliss-reactive ketones (excluding diaryl/α,β-unsaturated/α-hetero) is 1. The van der Waals surface area contributed by atoms with Gasteiger partial charge in [0, 0.05) is 18.1 Å². The minimum atomic E-state index is -0.649. The first-order chi connectivity index (χ1) is 9.49. The number of aromatic hydroxyl groups is 1. The highest BCUT2D eigenvalue weighted by atomic mass is 16.4. The summed E-state index contributed by atoms with van der Waals surface area (Å²) in [7, 11) is 0. The summed E-state index contributed by atoms with van der Waals surface area (Å²) in [4.78, 5) is 23.8. The number of rotatable bonds is 4. The molecule has 0 radical (unpaired) electrons. The van der Waals surface area contributed by atoms with Crippen molar-refractivity contribution in [2.45, 2.75) is 13.3 Å². The summed E-state index contributed by atoms with van der Waals surface area (Å²) < 4.78 is 4.91. The van der Waals surface area contributed by atoms with Gasteiger partial charge in [-0.2, -0.15) is 0 Å². The van der Waals surface area contributed by atoms with Gasteiger partial charge >= 0.3 is 5.63 Å². The molecule has 1 aromatic carbocycles. The molecule has 0 aliphatic rings. The van der Waals surface area contributed by atoms with E-state index in [0.717, 1.165) is 0 Å². The van der Waals surface area contributed by atoms with E-state index in [1.54, 1.807) is 37.3 Å². The van der Waals surface area contributed by atoms with Gasteiger partial charge in [-0.15, -0.1) is 0 Å². The average Bonchev–Trinajstić information content (AvgIpc) is 2.42. The molecule has 1 N–H and O–H groups in total. The van der Waals surface area contributed by atoms with Crippen LogP contribution in [0.2, 0.25) is 0 Å². The van der Waals surface area contributed by atoms with Crippen molar-refractivity contribution < 1.29 is 14.3 Å². The minimum Gasteiger partial charge on any atom is -0.507 e. The fraction of sp³-hybridized carbons (Fsp3) is 0.125. The van der Waals surface area contributed by atoms with Gasteiger partial charge in [0.2, 0.25) is 0 Å². The molecule has 0 aliphatic carbocycles. The quantitative estimate of drug-likeness (QED) is 0.685. The van der Waals surface area contributed by atoms with Crippen molar-refractivity contribution in [2.75, 3.05) is 0 Å². The van der Waals surface area contributed by atoms with Crippen molar-refractivity contribution in [3.05, 3.63) is 75.9 Å². The normalized spacial score (nSPS) is 10.2. The van der Waals surface area contributed by atoms with E-state index in [4.69, 9.17) is 4.42 Å². The summed E-state index contributed by atoms with van der Waals surface area (Å²) in [5.41, 5.74) is 0.116. The van der Waals surface area contributed by atoms with Gasteiger partial charge in [-0.05, 0) is 12.5 Å². The van der Waals surface area contributed by atoms with Crippen LogP contribution in [0.25, 0.3) is 0 Å². The zero-order valence-corrected chi connectivity index (χ0v) is 11.1. The Balaban J connectivity index is 2.25. The highest BCUT2D eigenvalue weighted by molar-refractivity contribution is 6.08. The molecule has 1 aromatic heterocycles. The third-order valence-electron chi connectivity index (χ3n) is 2.90. The Labute approximate surface area is 116 Å². The van der Waals surface area contributed by atoms with Gasteiger partial charge in [-0.1, -0.05) is 36.9 Å². The Morgan fingerprint density at radius 3 is 2.55 bits per heavy atom. The molecule has 0 fully saturated rings. The molecule has 0 spiro atoms. The van der Waals surface area contributed by atoms with E-state index in [0.29, 0.717) is 11.3 Å². The summed E-state index contributed by atoms with van der Waals surface area (Å²) in [5.74, 6) is -0.123. The maximum absolute atomic E-state index is 12.1. The summed E-state index contributed by atoms with van der Waals surface area (Å²) in [5, 5.41) is 9.76. The Bertz CT molecular complexity index is 711. The predicted octanol–water partition coefficient (Wildman–Crippen LogP) is 2.64. The summed E-state index contributed by atoms with van der Waals surface area (Å²) in [6, 6.07) is 9.99. The van der Waals surface area contributed by atoms with Crippen molar-refractivity contribution in [3.63, 3.8) is 0 Å². The third-order valence-corrected chi connectivity index (χ3v) is 2.90. The SMILES string of the molecule is C=C(Cc1c(O)cc(C)oc1=O)C(=O)c1ccccc1. The Morgan fingerprint density at radius 1 is 1.30 bits per heavy atom. The largest absolute Gasteiger partial charge is 0.507 e. The molecular weight excluding hydrogens is 256 g/mol. The first-order valence-corrected chi connectivity index (χ1v) is 6.09. The average molecular weight is 270 g/mol. The van der Waals surface area contributed by atoms with E-state index < -0.39 is 5.63 Å².